The molecule has 0 spiro atoms. The topological polar surface area (TPSA) is 52.6 Å². The van der Waals surface area contributed by atoms with Crippen molar-refractivity contribution in [2.24, 2.45) is 0 Å². The maximum atomic E-state index is 12.7. The van der Waals surface area contributed by atoms with E-state index in [4.69, 9.17) is 16.7 Å². The molecule has 0 aliphatic heterocycles. The van der Waals surface area contributed by atoms with Gasteiger partial charge < -0.3 is 15.3 Å². The summed E-state index contributed by atoms with van der Waals surface area (Å²) in [6.45, 7) is 1.89. The maximum Gasteiger partial charge on any atom is 0.417 e. The zero-order chi connectivity index (χ0) is 15.3. The molecule has 1 aromatic carbocycles. The largest absolute Gasteiger partial charge is 0.417 e. The molecule has 2 amide bonds. The summed E-state index contributed by atoms with van der Waals surface area (Å²) >= 11 is 5.48. The van der Waals surface area contributed by atoms with Crippen molar-refractivity contribution < 1.29 is 23.1 Å². The molecule has 20 heavy (non-hydrogen) atoms. The van der Waals surface area contributed by atoms with Gasteiger partial charge >= 0.3 is 12.2 Å². The number of aliphatic hydroxyl groups is 1. The predicted octanol–water partition coefficient (Wildman–Crippen LogP) is 3.20. The summed E-state index contributed by atoms with van der Waals surface area (Å²) in [5.74, 6) is 0. The van der Waals surface area contributed by atoms with Crippen molar-refractivity contribution >= 4 is 23.3 Å². The summed E-state index contributed by atoms with van der Waals surface area (Å²) in [6.07, 6.45) is -4.59. The lowest BCUT2D eigenvalue weighted by molar-refractivity contribution is -0.137. The summed E-state index contributed by atoms with van der Waals surface area (Å²) < 4.78 is 38.0. The molecule has 0 heterocycles. The second kappa shape index (κ2) is 6.81. The second-order valence-electron chi connectivity index (χ2n) is 3.93. The van der Waals surface area contributed by atoms with Gasteiger partial charge in [-0.05, 0) is 25.1 Å². The van der Waals surface area contributed by atoms with Gasteiger partial charge in [0.1, 0.15) is 0 Å². The number of benzene rings is 1. The molecule has 0 unspecified atom stereocenters. The van der Waals surface area contributed by atoms with Crippen molar-refractivity contribution in [3.8, 4) is 0 Å². The van der Waals surface area contributed by atoms with Gasteiger partial charge in [0, 0.05) is 18.8 Å². The van der Waals surface area contributed by atoms with Crippen LogP contribution in [0.5, 0.6) is 0 Å². The van der Waals surface area contributed by atoms with Crippen LogP contribution in [0.25, 0.3) is 0 Å². The molecule has 112 valence electrons. The Morgan fingerprint density at radius 1 is 1.45 bits per heavy atom. The highest BCUT2D eigenvalue weighted by Gasteiger charge is 2.33. The fraction of sp³-hybridized carbons (Fsp3) is 0.417. The highest BCUT2D eigenvalue weighted by Crippen LogP contribution is 2.36. The molecule has 0 radical (unpaired) electrons. The highest BCUT2D eigenvalue weighted by molar-refractivity contribution is 6.31. The number of alkyl halides is 3. The molecule has 1 aromatic rings. The number of carbonyl (C=O) groups excluding carboxylic acids is 1. The third-order valence-electron chi connectivity index (χ3n) is 2.56. The first kappa shape index (κ1) is 16.6. The number of nitrogens with zero attached hydrogens (tertiary/aromatic N) is 1. The van der Waals surface area contributed by atoms with Gasteiger partial charge in [-0.15, -0.1) is 0 Å². The number of hydrogen-bond donors (Lipinski definition) is 2. The fourth-order valence-electron chi connectivity index (χ4n) is 1.55. The van der Waals surface area contributed by atoms with Crippen molar-refractivity contribution in [2.75, 3.05) is 25.0 Å². The van der Waals surface area contributed by atoms with E-state index in [0.29, 0.717) is 6.54 Å². The lowest BCUT2D eigenvalue weighted by atomic mass is 10.2. The van der Waals surface area contributed by atoms with E-state index in [1.165, 1.54) is 11.0 Å². The number of halogens is 4. The van der Waals surface area contributed by atoms with Gasteiger partial charge in [-0.3, -0.25) is 0 Å². The molecule has 8 heteroatoms. The SMILES string of the molecule is CCN(CCO)C(=O)Nc1ccc(Cl)c(C(F)(F)F)c1. The number of nitrogens with one attached hydrogen (secondary N) is 1. The van der Waals surface area contributed by atoms with Gasteiger partial charge in [0.15, 0.2) is 0 Å². The van der Waals surface area contributed by atoms with E-state index < -0.39 is 22.8 Å². The predicted molar refractivity (Wildman–Crippen MR) is 69.8 cm³/mol. The Labute approximate surface area is 119 Å². The Morgan fingerprint density at radius 2 is 2.10 bits per heavy atom. The number of urea groups is 1. The summed E-state index contributed by atoms with van der Waals surface area (Å²) in [4.78, 5) is 13.0. The molecule has 0 fully saturated rings. The molecule has 1 rings (SSSR count). The van der Waals surface area contributed by atoms with Crippen molar-refractivity contribution in [3.63, 3.8) is 0 Å². The van der Waals surface area contributed by atoms with Crippen LogP contribution >= 0.6 is 11.6 Å². The zero-order valence-electron chi connectivity index (χ0n) is 10.7. The number of hydrogen-bond acceptors (Lipinski definition) is 2. The van der Waals surface area contributed by atoms with E-state index in [1.807, 2.05) is 0 Å². The Hall–Kier alpha value is -1.47. The first-order valence-corrected chi connectivity index (χ1v) is 6.21. The molecule has 0 saturated heterocycles. The smallest absolute Gasteiger partial charge is 0.395 e. The molecule has 4 nitrogen and oxygen atoms in total. The third kappa shape index (κ3) is 4.28. The minimum absolute atomic E-state index is 0.0110. The van der Waals surface area contributed by atoms with Gasteiger partial charge in [-0.25, -0.2) is 4.79 Å². The van der Waals surface area contributed by atoms with Crippen LogP contribution in [0.3, 0.4) is 0 Å². The van der Waals surface area contributed by atoms with Crippen molar-refractivity contribution in [3.05, 3.63) is 28.8 Å². The van der Waals surface area contributed by atoms with Crippen LogP contribution < -0.4 is 5.32 Å². The van der Waals surface area contributed by atoms with Crippen LogP contribution in [0.15, 0.2) is 18.2 Å². The maximum absolute atomic E-state index is 12.7. The van der Waals surface area contributed by atoms with Crippen molar-refractivity contribution in [2.45, 2.75) is 13.1 Å². The molecule has 2 N–H and O–H groups in total. The quantitative estimate of drug-likeness (QED) is 0.897. The Balaban J connectivity index is 2.91. The van der Waals surface area contributed by atoms with Crippen molar-refractivity contribution in [1.82, 2.24) is 4.90 Å². The molecular formula is C12H14ClF3N2O2. The van der Waals surface area contributed by atoms with Crippen LogP contribution in [0, 0.1) is 0 Å². The van der Waals surface area contributed by atoms with E-state index in [0.717, 1.165) is 12.1 Å². The van der Waals surface area contributed by atoms with E-state index >= 15 is 0 Å². The van der Waals surface area contributed by atoms with E-state index in [2.05, 4.69) is 5.32 Å². The monoisotopic (exact) mass is 310 g/mol. The van der Waals surface area contributed by atoms with E-state index in [9.17, 15) is 18.0 Å². The molecule has 0 bridgehead atoms. The van der Waals surface area contributed by atoms with Crippen LogP contribution in [0.4, 0.5) is 23.7 Å². The molecular weight excluding hydrogens is 297 g/mol. The first-order chi connectivity index (χ1) is 9.29. The van der Waals surface area contributed by atoms with Gasteiger partial charge in [-0.1, -0.05) is 11.6 Å². The van der Waals surface area contributed by atoms with Crippen LogP contribution in [-0.2, 0) is 6.18 Å². The Morgan fingerprint density at radius 3 is 2.60 bits per heavy atom. The number of anilines is 1. The van der Waals surface area contributed by atoms with Crippen LogP contribution in [-0.4, -0.2) is 35.7 Å². The zero-order valence-corrected chi connectivity index (χ0v) is 11.4. The lowest BCUT2D eigenvalue weighted by Crippen LogP contribution is -2.36. The first-order valence-electron chi connectivity index (χ1n) is 5.83. The molecule has 0 saturated carbocycles. The normalized spacial score (nSPS) is 11.3. The summed E-state index contributed by atoms with van der Waals surface area (Å²) in [5, 5.41) is 10.7. The minimum Gasteiger partial charge on any atom is -0.395 e. The summed E-state index contributed by atoms with van der Waals surface area (Å²) in [6, 6.07) is 2.54. The average molecular weight is 311 g/mol. The van der Waals surface area contributed by atoms with E-state index in [-0.39, 0.29) is 18.8 Å². The molecule has 0 aromatic heterocycles. The van der Waals surface area contributed by atoms with Gasteiger partial charge in [0.05, 0.1) is 17.2 Å². The van der Waals surface area contributed by atoms with Gasteiger partial charge in [-0.2, -0.15) is 13.2 Å². The Kier molecular flexibility index (Phi) is 5.64. The summed E-state index contributed by atoms with van der Waals surface area (Å²) in [7, 11) is 0. The molecule has 0 aliphatic carbocycles. The number of carbonyl (C=O) groups is 1. The van der Waals surface area contributed by atoms with E-state index in [1.54, 1.807) is 6.92 Å². The highest BCUT2D eigenvalue weighted by atomic mass is 35.5. The molecule has 0 aliphatic rings. The minimum atomic E-state index is -4.59. The summed E-state index contributed by atoms with van der Waals surface area (Å²) in [5.41, 5.74) is -1.02. The average Bonchev–Trinajstić information content (AvgIpc) is 2.36. The lowest BCUT2D eigenvalue weighted by Gasteiger charge is -2.20. The van der Waals surface area contributed by atoms with Crippen molar-refractivity contribution in [1.29, 1.82) is 0 Å². The molecule has 0 atom stereocenters. The standard InChI is InChI=1S/C12H14ClF3N2O2/c1-2-18(5-6-19)11(20)17-8-3-4-10(13)9(7-8)12(14,15)16/h3-4,7,19H,2,5-6H2,1H3,(H,17,20). The number of rotatable bonds is 4. The number of aliphatic hydroxyl groups excluding tert-OH is 1. The second-order valence-corrected chi connectivity index (χ2v) is 4.33. The third-order valence-corrected chi connectivity index (χ3v) is 2.89. The van der Waals surface area contributed by atoms with Crippen LogP contribution in [0.2, 0.25) is 5.02 Å². The van der Waals surface area contributed by atoms with Gasteiger partial charge in [0.2, 0.25) is 0 Å². The van der Waals surface area contributed by atoms with Crippen LogP contribution in [0.1, 0.15) is 12.5 Å². The Bertz CT molecular complexity index is 480. The fourth-order valence-corrected chi connectivity index (χ4v) is 1.77. The van der Waals surface area contributed by atoms with Gasteiger partial charge in [0.25, 0.3) is 0 Å². The number of amides is 2. The number of likely N-dealkylation sites (N-methyl/N-ethyl adjacent to an activating group) is 1.